The smallest absolute Gasteiger partial charge is 0.246 e. The van der Waals surface area contributed by atoms with Crippen molar-refractivity contribution in [2.24, 2.45) is 0 Å². The van der Waals surface area contributed by atoms with Crippen LogP contribution in [-0.2, 0) is 11.3 Å². The normalized spacial score (nSPS) is 10.0. The zero-order valence-electron chi connectivity index (χ0n) is 8.50. The first kappa shape index (κ1) is 10.2. The van der Waals surface area contributed by atoms with Crippen LogP contribution in [0.25, 0.3) is 0 Å². The SMILES string of the molecule is Nc1ccccc1NC(=O)Cn1cncn1. The van der Waals surface area contributed by atoms with Gasteiger partial charge in [-0.1, -0.05) is 12.1 Å². The Balaban J connectivity index is 2.00. The standard InChI is InChI=1S/C10H11N5O/c11-8-3-1-2-4-9(8)14-10(16)5-15-7-12-6-13-15/h1-4,6-7H,5,11H2,(H,14,16). The lowest BCUT2D eigenvalue weighted by molar-refractivity contribution is -0.116. The molecule has 16 heavy (non-hydrogen) atoms. The molecule has 6 heteroatoms. The molecule has 3 N–H and O–H groups in total. The number of benzene rings is 1. The molecule has 0 spiro atoms. The Hall–Kier alpha value is -2.37. The van der Waals surface area contributed by atoms with Crippen molar-refractivity contribution in [3.8, 4) is 0 Å². The highest BCUT2D eigenvalue weighted by Gasteiger charge is 2.05. The Morgan fingerprint density at radius 3 is 2.94 bits per heavy atom. The molecule has 0 atom stereocenters. The maximum Gasteiger partial charge on any atom is 0.246 e. The minimum atomic E-state index is -0.191. The molecule has 0 fully saturated rings. The van der Waals surface area contributed by atoms with E-state index in [9.17, 15) is 4.79 Å². The van der Waals surface area contributed by atoms with Gasteiger partial charge in [0.1, 0.15) is 19.2 Å². The van der Waals surface area contributed by atoms with Crippen molar-refractivity contribution >= 4 is 17.3 Å². The van der Waals surface area contributed by atoms with E-state index in [1.807, 2.05) is 6.07 Å². The summed E-state index contributed by atoms with van der Waals surface area (Å²) in [6, 6.07) is 7.09. The molecule has 0 aliphatic rings. The minimum Gasteiger partial charge on any atom is -0.397 e. The van der Waals surface area contributed by atoms with Crippen molar-refractivity contribution in [1.82, 2.24) is 14.8 Å². The Morgan fingerprint density at radius 2 is 2.25 bits per heavy atom. The molecule has 0 radical (unpaired) electrons. The van der Waals surface area contributed by atoms with Gasteiger partial charge in [-0.15, -0.1) is 0 Å². The number of para-hydroxylation sites is 2. The molecule has 0 aliphatic heterocycles. The number of nitrogens with zero attached hydrogens (tertiary/aromatic N) is 3. The van der Waals surface area contributed by atoms with Gasteiger partial charge in [0.2, 0.25) is 5.91 Å². The number of aromatic nitrogens is 3. The van der Waals surface area contributed by atoms with Crippen molar-refractivity contribution in [3.05, 3.63) is 36.9 Å². The van der Waals surface area contributed by atoms with Crippen LogP contribution in [-0.4, -0.2) is 20.7 Å². The van der Waals surface area contributed by atoms with Crippen LogP contribution in [0.5, 0.6) is 0 Å². The summed E-state index contributed by atoms with van der Waals surface area (Å²) < 4.78 is 1.44. The Labute approximate surface area is 92.1 Å². The van der Waals surface area contributed by atoms with E-state index in [-0.39, 0.29) is 12.5 Å². The first-order valence-corrected chi connectivity index (χ1v) is 4.72. The summed E-state index contributed by atoms with van der Waals surface area (Å²) in [4.78, 5) is 15.3. The fourth-order valence-corrected chi connectivity index (χ4v) is 1.26. The zero-order chi connectivity index (χ0) is 11.4. The average Bonchev–Trinajstić information content (AvgIpc) is 2.74. The molecule has 6 nitrogen and oxygen atoms in total. The number of nitrogens with one attached hydrogen (secondary N) is 1. The van der Waals surface area contributed by atoms with Crippen molar-refractivity contribution < 1.29 is 4.79 Å². The summed E-state index contributed by atoms with van der Waals surface area (Å²) in [5, 5.41) is 6.53. The van der Waals surface area contributed by atoms with Gasteiger partial charge in [-0.25, -0.2) is 9.67 Å². The second-order valence-electron chi connectivity index (χ2n) is 3.23. The third kappa shape index (κ3) is 2.35. The molecule has 0 unspecified atom stereocenters. The van der Waals surface area contributed by atoms with Crippen LogP contribution in [0.3, 0.4) is 0 Å². The largest absolute Gasteiger partial charge is 0.397 e. The Morgan fingerprint density at radius 1 is 1.44 bits per heavy atom. The first-order valence-electron chi connectivity index (χ1n) is 4.72. The van der Waals surface area contributed by atoms with Gasteiger partial charge < -0.3 is 11.1 Å². The highest BCUT2D eigenvalue weighted by atomic mass is 16.2. The van der Waals surface area contributed by atoms with E-state index in [1.54, 1.807) is 18.2 Å². The fraction of sp³-hybridized carbons (Fsp3) is 0.100. The second kappa shape index (κ2) is 4.43. The van der Waals surface area contributed by atoms with Crippen LogP contribution in [0, 0.1) is 0 Å². The number of carbonyl (C=O) groups excluding carboxylic acids is 1. The number of amides is 1. The molecule has 82 valence electrons. The molecule has 0 saturated heterocycles. The van der Waals surface area contributed by atoms with Crippen LogP contribution in [0.4, 0.5) is 11.4 Å². The monoisotopic (exact) mass is 217 g/mol. The number of nitrogen functional groups attached to an aromatic ring is 1. The zero-order valence-corrected chi connectivity index (χ0v) is 8.50. The number of hydrogen-bond acceptors (Lipinski definition) is 4. The van der Waals surface area contributed by atoms with Crippen molar-refractivity contribution in [3.63, 3.8) is 0 Å². The van der Waals surface area contributed by atoms with E-state index >= 15 is 0 Å². The van der Waals surface area contributed by atoms with Gasteiger partial charge in [0.25, 0.3) is 0 Å². The van der Waals surface area contributed by atoms with Crippen molar-refractivity contribution in [1.29, 1.82) is 0 Å². The maximum atomic E-state index is 11.6. The fourth-order valence-electron chi connectivity index (χ4n) is 1.26. The lowest BCUT2D eigenvalue weighted by Gasteiger charge is -2.07. The summed E-state index contributed by atoms with van der Waals surface area (Å²) >= 11 is 0. The highest BCUT2D eigenvalue weighted by molar-refractivity contribution is 5.93. The lowest BCUT2D eigenvalue weighted by Crippen LogP contribution is -2.19. The van der Waals surface area contributed by atoms with E-state index in [4.69, 9.17) is 5.73 Å². The Bertz CT molecular complexity index is 480. The van der Waals surface area contributed by atoms with Gasteiger partial charge in [-0.2, -0.15) is 5.10 Å². The average molecular weight is 217 g/mol. The Kier molecular flexibility index (Phi) is 2.81. The van der Waals surface area contributed by atoms with Gasteiger partial charge in [-0.3, -0.25) is 4.79 Å². The van der Waals surface area contributed by atoms with E-state index < -0.39 is 0 Å². The van der Waals surface area contributed by atoms with E-state index in [1.165, 1.54) is 17.3 Å². The summed E-state index contributed by atoms with van der Waals surface area (Å²) in [6.45, 7) is 0.119. The molecule has 2 rings (SSSR count). The molecule has 0 bridgehead atoms. The summed E-state index contributed by atoms with van der Waals surface area (Å²) in [6.07, 6.45) is 2.86. The van der Waals surface area contributed by atoms with E-state index in [0.717, 1.165) is 0 Å². The first-order chi connectivity index (χ1) is 7.75. The molecule has 2 aromatic rings. The molecule has 1 heterocycles. The molecule has 1 aromatic carbocycles. The number of nitrogens with two attached hydrogens (primary N) is 1. The van der Waals surface area contributed by atoms with E-state index in [0.29, 0.717) is 11.4 Å². The molecule has 1 aromatic heterocycles. The van der Waals surface area contributed by atoms with Gasteiger partial charge in [0, 0.05) is 0 Å². The topological polar surface area (TPSA) is 85.8 Å². The van der Waals surface area contributed by atoms with Crippen LogP contribution in [0.1, 0.15) is 0 Å². The van der Waals surface area contributed by atoms with Gasteiger partial charge in [-0.05, 0) is 12.1 Å². The molecular weight excluding hydrogens is 206 g/mol. The second-order valence-corrected chi connectivity index (χ2v) is 3.23. The number of carbonyl (C=O) groups is 1. The quantitative estimate of drug-likeness (QED) is 0.733. The predicted octanol–water partition coefficient (Wildman–Crippen LogP) is 0.499. The molecule has 0 aliphatic carbocycles. The third-order valence-corrected chi connectivity index (χ3v) is 2.01. The van der Waals surface area contributed by atoms with Gasteiger partial charge in [0.15, 0.2) is 0 Å². The van der Waals surface area contributed by atoms with Gasteiger partial charge >= 0.3 is 0 Å². The maximum absolute atomic E-state index is 11.6. The number of hydrogen-bond donors (Lipinski definition) is 2. The van der Waals surface area contributed by atoms with E-state index in [2.05, 4.69) is 15.4 Å². The van der Waals surface area contributed by atoms with Crippen LogP contribution < -0.4 is 11.1 Å². The molecular formula is C10H11N5O. The van der Waals surface area contributed by atoms with Gasteiger partial charge in [0.05, 0.1) is 11.4 Å². The summed E-state index contributed by atoms with van der Waals surface area (Å²) in [7, 11) is 0. The number of rotatable bonds is 3. The molecule has 1 amide bonds. The lowest BCUT2D eigenvalue weighted by atomic mass is 10.2. The van der Waals surface area contributed by atoms with Crippen molar-refractivity contribution in [2.75, 3.05) is 11.1 Å². The van der Waals surface area contributed by atoms with Crippen LogP contribution in [0.2, 0.25) is 0 Å². The molecule has 0 saturated carbocycles. The predicted molar refractivity (Wildman–Crippen MR) is 59.5 cm³/mol. The van der Waals surface area contributed by atoms with Crippen molar-refractivity contribution in [2.45, 2.75) is 6.54 Å². The highest BCUT2D eigenvalue weighted by Crippen LogP contribution is 2.16. The third-order valence-electron chi connectivity index (χ3n) is 2.01. The van der Waals surface area contributed by atoms with Crippen LogP contribution in [0.15, 0.2) is 36.9 Å². The minimum absolute atomic E-state index is 0.119. The summed E-state index contributed by atoms with van der Waals surface area (Å²) in [5.74, 6) is -0.191. The van der Waals surface area contributed by atoms with Crippen LogP contribution >= 0.6 is 0 Å². The number of anilines is 2. The summed E-state index contributed by atoms with van der Waals surface area (Å²) in [5.41, 5.74) is 6.83.